The molecular weight excluding hydrogens is 294 g/mol. The van der Waals surface area contributed by atoms with Crippen molar-refractivity contribution in [2.45, 2.75) is 42.5 Å². The largest absolute Gasteiger partial charge is 0.481 e. The summed E-state index contributed by atoms with van der Waals surface area (Å²) in [5.74, 6) is -0.490. The van der Waals surface area contributed by atoms with Crippen LogP contribution in [0.25, 0.3) is 0 Å². The molecule has 0 saturated carbocycles. The molecule has 0 aliphatic carbocycles. The molecule has 0 aliphatic rings. The van der Waals surface area contributed by atoms with Crippen LogP contribution in [0.2, 0.25) is 0 Å². The first kappa shape index (κ1) is 14.9. The summed E-state index contributed by atoms with van der Waals surface area (Å²) in [6.07, 6.45) is 1.57. The molecule has 2 aromatic heterocycles. The van der Waals surface area contributed by atoms with Gasteiger partial charge in [-0.3, -0.25) is 4.79 Å². The molecule has 1 N–H and O–H groups in total. The van der Waals surface area contributed by atoms with E-state index in [1.807, 2.05) is 13.0 Å². The van der Waals surface area contributed by atoms with E-state index in [1.165, 1.54) is 23.1 Å². The lowest BCUT2D eigenvalue weighted by atomic mass is 10.1. The molecule has 0 spiro atoms. The van der Waals surface area contributed by atoms with Crippen molar-refractivity contribution in [1.82, 2.24) is 15.0 Å². The van der Waals surface area contributed by atoms with Crippen molar-refractivity contribution in [2.75, 3.05) is 0 Å². The minimum absolute atomic E-state index is 0.0189. The fourth-order valence-electron chi connectivity index (χ4n) is 1.56. The quantitative estimate of drug-likeness (QED) is 0.855. The first-order chi connectivity index (χ1) is 9.45. The second-order valence-corrected chi connectivity index (χ2v) is 6.95. The highest BCUT2D eigenvalue weighted by Crippen LogP contribution is 2.32. The summed E-state index contributed by atoms with van der Waals surface area (Å²) < 4.78 is 0.812. The number of carbonyl (C=O) groups is 1. The monoisotopic (exact) mass is 309 g/mol. The number of aromatic nitrogens is 3. The molecule has 0 saturated heterocycles. The number of carboxylic acids is 1. The minimum Gasteiger partial charge on any atom is -0.481 e. The minimum atomic E-state index is -0.836. The van der Waals surface area contributed by atoms with E-state index < -0.39 is 5.97 Å². The summed E-state index contributed by atoms with van der Waals surface area (Å²) in [7, 11) is 0. The van der Waals surface area contributed by atoms with Crippen molar-refractivity contribution in [1.29, 1.82) is 0 Å². The van der Waals surface area contributed by atoms with Crippen molar-refractivity contribution in [2.24, 2.45) is 0 Å². The van der Waals surface area contributed by atoms with Gasteiger partial charge in [-0.2, -0.15) is 0 Å². The molecule has 2 aromatic rings. The van der Waals surface area contributed by atoms with Gasteiger partial charge in [0.2, 0.25) is 0 Å². The molecular formula is C13H15N3O2S2. The third-order valence-corrected chi connectivity index (χ3v) is 4.78. The summed E-state index contributed by atoms with van der Waals surface area (Å²) in [6.45, 7) is 5.99. The Labute approximate surface area is 125 Å². The predicted octanol–water partition coefficient (Wildman–Crippen LogP) is 3.14. The molecule has 0 bridgehead atoms. The van der Waals surface area contributed by atoms with Crippen LogP contribution in [0.4, 0.5) is 0 Å². The molecule has 0 fully saturated rings. The first-order valence-corrected chi connectivity index (χ1v) is 7.77. The van der Waals surface area contributed by atoms with Crippen LogP contribution in [-0.2, 0) is 11.2 Å². The molecule has 0 aromatic carbocycles. The average molecular weight is 309 g/mol. The number of hydrogen-bond donors (Lipinski definition) is 1. The Kier molecular flexibility index (Phi) is 4.72. The van der Waals surface area contributed by atoms with E-state index in [2.05, 4.69) is 28.8 Å². The van der Waals surface area contributed by atoms with Crippen LogP contribution in [0.3, 0.4) is 0 Å². The number of aryl methyl sites for hydroxylation is 1. The molecule has 0 unspecified atom stereocenters. The lowest BCUT2D eigenvalue weighted by molar-refractivity contribution is -0.136. The van der Waals surface area contributed by atoms with E-state index in [1.54, 1.807) is 6.33 Å². The van der Waals surface area contributed by atoms with Crippen LogP contribution < -0.4 is 0 Å². The van der Waals surface area contributed by atoms with Crippen LogP contribution in [0, 0.1) is 6.92 Å². The molecule has 0 amide bonds. The fourth-order valence-corrected chi connectivity index (χ4v) is 3.71. The third kappa shape index (κ3) is 3.77. The van der Waals surface area contributed by atoms with Gasteiger partial charge in [-0.15, -0.1) is 11.3 Å². The van der Waals surface area contributed by atoms with Gasteiger partial charge in [0, 0.05) is 10.6 Å². The molecule has 5 nitrogen and oxygen atoms in total. The van der Waals surface area contributed by atoms with Crippen molar-refractivity contribution in [3.8, 4) is 0 Å². The van der Waals surface area contributed by atoms with E-state index >= 15 is 0 Å². The van der Waals surface area contributed by atoms with Gasteiger partial charge < -0.3 is 5.11 Å². The standard InChI is InChI=1S/C13H15N3O2S2/c1-7(2)9-4-11(15-6-14-9)20-13-16-8(3)10(19-13)5-12(17)18/h4,6-7H,5H2,1-3H3,(H,17,18). The Balaban J connectivity index is 2.18. The van der Waals surface area contributed by atoms with Gasteiger partial charge in [-0.1, -0.05) is 13.8 Å². The normalized spacial score (nSPS) is 11.0. The number of hydrogen-bond acceptors (Lipinski definition) is 6. The molecule has 2 heterocycles. The Morgan fingerprint density at radius 3 is 2.85 bits per heavy atom. The van der Waals surface area contributed by atoms with Crippen LogP contribution in [0.1, 0.15) is 36.0 Å². The number of carboxylic acid groups (broad SMARTS) is 1. The van der Waals surface area contributed by atoms with Gasteiger partial charge in [0.1, 0.15) is 11.4 Å². The smallest absolute Gasteiger partial charge is 0.308 e. The first-order valence-electron chi connectivity index (χ1n) is 6.13. The third-order valence-electron chi connectivity index (χ3n) is 2.63. The second kappa shape index (κ2) is 6.32. The number of rotatable bonds is 5. The maximum atomic E-state index is 10.8. The Morgan fingerprint density at radius 2 is 2.20 bits per heavy atom. The highest BCUT2D eigenvalue weighted by atomic mass is 32.2. The number of nitrogens with zero attached hydrogens (tertiary/aromatic N) is 3. The lowest BCUT2D eigenvalue weighted by Gasteiger charge is -2.04. The zero-order chi connectivity index (χ0) is 14.7. The fraction of sp³-hybridized carbons (Fsp3) is 0.385. The molecule has 0 radical (unpaired) electrons. The topological polar surface area (TPSA) is 76.0 Å². The summed E-state index contributed by atoms with van der Waals surface area (Å²) >= 11 is 2.85. The molecule has 106 valence electrons. The zero-order valence-electron chi connectivity index (χ0n) is 11.5. The van der Waals surface area contributed by atoms with Crippen LogP contribution in [0.15, 0.2) is 21.8 Å². The van der Waals surface area contributed by atoms with Crippen LogP contribution in [-0.4, -0.2) is 26.0 Å². The number of thiazole rings is 1. The molecule has 0 atom stereocenters. The Bertz CT molecular complexity index is 626. The van der Waals surface area contributed by atoms with Crippen LogP contribution in [0.5, 0.6) is 0 Å². The van der Waals surface area contributed by atoms with E-state index in [4.69, 9.17) is 5.11 Å². The van der Waals surface area contributed by atoms with Crippen molar-refractivity contribution < 1.29 is 9.90 Å². The average Bonchev–Trinajstić information content (AvgIpc) is 2.69. The Hall–Kier alpha value is -1.47. The van der Waals surface area contributed by atoms with Gasteiger partial charge in [0.15, 0.2) is 4.34 Å². The van der Waals surface area contributed by atoms with E-state index in [0.717, 1.165) is 25.6 Å². The molecule has 7 heteroatoms. The highest BCUT2D eigenvalue weighted by molar-refractivity contribution is 8.01. The van der Waals surface area contributed by atoms with E-state index in [0.29, 0.717) is 5.92 Å². The van der Waals surface area contributed by atoms with Gasteiger partial charge in [0.25, 0.3) is 0 Å². The summed E-state index contributed by atoms with van der Waals surface area (Å²) in [4.78, 5) is 24.4. The number of aliphatic carboxylic acids is 1. The summed E-state index contributed by atoms with van der Waals surface area (Å²) in [5, 5.41) is 9.67. The van der Waals surface area contributed by atoms with Crippen molar-refractivity contribution in [3.05, 3.63) is 28.7 Å². The second-order valence-electron chi connectivity index (χ2n) is 4.60. The van der Waals surface area contributed by atoms with E-state index in [-0.39, 0.29) is 6.42 Å². The zero-order valence-corrected chi connectivity index (χ0v) is 13.1. The lowest BCUT2D eigenvalue weighted by Crippen LogP contribution is -1.99. The van der Waals surface area contributed by atoms with Gasteiger partial charge >= 0.3 is 5.97 Å². The summed E-state index contributed by atoms with van der Waals surface area (Å²) in [5.41, 5.74) is 1.76. The maximum absolute atomic E-state index is 10.8. The van der Waals surface area contributed by atoms with Gasteiger partial charge in [-0.25, -0.2) is 15.0 Å². The van der Waals surface area contributed by atoms with Crippen LogP contribution >= 0.6 is 23.1 Å². The van der Waals surface area contributed by atoms with Crippen molar-refractivity contribution in [3.63, 3.8) is 0 Å². The van der Waals surface area contributed by atoms with Gasteiger partial charge in [-0.05, 0) is 30.7 Å². The van der Waals surface area contributed by atoms with Gasteiger partial charge in [0.05, 0.1) is 12.1 Å². The summed E-state index contributed by atoms with van der Waals surface area (Å²) in [6, 6.07) is 1.95. The predicted molar refractivity (Wildman–Crippen MR) is 78.4 cm³/mol. The van der Waals surface area contributed by atoms with E-state index in [9.17, 15) is 4.79 Å². The maximum Gasteiger partial charge on any atom is 0.308 e. The highest BCUT2D eigenvalue weighted by Gasteiger charge is 2.13. The molecule has 20 heavy (non-hydrogen) atoms. The molecule has 2 rings (SSSR count). The SMILES string of the molecule is Cc1nc(Sc2cc(C(C)C)ncn2)sc1CC(=O)O. The van der Waals surface area contributed by atoms with Crippen molar-refractivity contribution >= 4 is 29.1 Å². The Morgan fingerprint density at radius 1 is 1.45 bits per heavy atom. The molecule has 0 aliphatic heterocycles.